The van der Waals surface area contributed by atoms with Gasteiger partial charge in [0.05, 0.1) is 6.54 Å². The van der Waals surface area contributed by atoms with Crippen LogP contribution in [0.25, 0.3) is 0 Å². The van der Waals surface area contributed by atoms with E-state index in [4.69, 9.17) is 5.73 Å². The van der Waals surface area contributed by atoms with Gasteiger partial charge in [0.2, 0.25) is 5.91 Å². The average Bonchev–Trinajstić information content (AvgIpc) is 2.53. The van der Waals surface area contributed by atoms with Crippen LogP contribution >= 0.6 is 0 Å². The van der Waals surface area contributed by atoms with E-state index in [2.05, 4.69) is 15.6 Å². The van der Waals surface area contributed by atoms with Crippen LogP contribution in [0.1, 0.15) is 54.4 Å². The first-order valence-corrected chi connectivity index (χ1v) is 9.85. The second kappa shape index (κ2) is 10.1. The van der Waals surface area contributed by atoms with Crippen LogP contribution in [-0.4, -0.2) is 40.1 Å². The molecule has 0 aromatic carbocycles. The number of nitrogens with zero attached hydrogens (tertiary/aromatic N) is 2. The number of imide groups is 1. The van der Waals surface area contributed by atoms with Gasteiger partial charge in [-0.1, -0.05) is 27.2 Å². The molecule has 0 saturated carbocycles. The molecule has 1 aromatic heterocycles. The molecular formula is C19H34N6O4. The third-order valence-corrected chi connectivity index (χ3v) is 3.94. The number of hydrogen-bond donors (Lipinski definition) is 4. The largest absolute Gasteiger partial charge is 0.383 e. The van der Waals surface area contributed by atoms with Gasteiger partial charge in [-0.25, -0.2) is 9.59 Å². The van der Waals surface area contributed by atoms with Crippen molar-refractivity contribution in [3.8, 4) is 0 Å². The SMILES string of the molecule is CCCCN(CC(=O)NC(=O)NC(C)(C)C)c1c(N)n(CC(C)C)c(=O)[nH]c1=O. The van der Waals surface area contributed by atoms with E-state index in [0.717, 1.165) is 6.42 Å². The highest BCUT2D eigenvalue weighted by Gasteiger charge is 2.23. The Morgan fingerprint density at radius 2 is 1.86 bits per heavy atom. The summed E-state index contributed by atoms with van der Waals surface area (Å²) < 4.78 is 1.30. The number of H-pyrrole nitrogens is 1. The van der Waals surface area contributed by atoms with E-state index in [1.54, 1.807) is 20.8 Å². The summed E-state index contributed by atoms with van der Waals surface area (Å²) in [4.78, 5) is 52.8. The molecule has 1 aromatic rings. The summed E-state index contributed by atoms with van der Waals surface area (Å²) in [6.45, 7) is 11.7. The third-order valence-electron chi connectivity index (χ3n) is 3.94. The monoisotopic (exact) mass is 410 g/mol. The molecule has 0 fully saturated rings. The first-order chi connectivity index (χ1) is 13.4. The number of carbonyl (C=O) groups is 2. The number of carbonyl (C=O) groups excluding carboxylic acids is 2. The standard InChI is InChI=1S/C19H34N6O4/c1-7-8-9-24(11-13(26)21-17(28)23-19(4,5)6)14-15(20)25(10-12(2)3)18(29)22-16(14)27/h12H,7-11,20H2,1-6H3,(H,22,27,29)(H2,21,23,26,28). The van der Waals surface area contributed by atoms with Crippen LogP contribution in [-0.2, 0) is 11.3 Å². The molecule has 0 atom stereocenters. The molecule has 1 rings (SSSR count). The fraction of sp³-hybridized carbons (Fsp3) is 0.684. The topological polar surface area (TPSA) is 142 Å². The second-order valence-corrected chi connectivity index (χ2v) is 8.52. The van der Waals surface area contributed by atoms with Gasteiger partial charge in [0, 0.05) is 18.6 Å². The van der Waals surface area contributed by atoms with Gasteiger partial charge in [0.15, 0.2) is 0 Å². The molecule has 29 heavy (non-hydrogen) atoms. The van der Waals surface area contributed by atoms with Gasteiger partial charge in [0.1, 0.15) is 11.5 Å². The van der Waals surface area contributed by atoms with Crippen molar-refractivity contribution in [3.05, 3.63) is 20.8 Å². The molecule has 0 aliphatic heterocycles. The van der Waals surface area contributed by atoms with Crippen LogP contribution in [0.2, 0.25) is 0 Å². The minimum absolute atomic E-state index is 0.00972. The summed E-state index contributed by atoms with van der Waals surface area (Å²) in [7, 11) is 0. The minimum atomic E-state index is -0.657. The number of aromatic amines is 1. The van der Waals surface area contributed by atoms with E-state index in [1.807, 2.05) is 20.8 Å². The average molecular weight is 411 g/mol. The van der Waals surface area contributed by atoms with Crippen LogP contribution in [0.3, 0.4) is 0 Å². The summed E-state index contributed by atoms with van der Waals surface area (Å²) in [6, 6.07) is -0.621. The van der Waals surface area contributed by atoms with Gasteiger partial charge < -0.3 is 16.0 Å². The van der Waals surface area contributed by atoms with Crippen molar-refractivity contribution in [2.24, 2.45) is 5.92 Å². The number of amides is 3. The molecule has 0 bridgehead atoms. The third kappa shape index (κ3) is 7.63. The van der Waals surface area contributed by atoms with Gasteiger partial charge in [-0.2, -0.15) is 0 Å². The maximum Gasteiger partial charge on any atom is 0.330 e. The molecule has 0 spiro atoms. The van der Waals surface area contributed by atoms with Crippen molar-refractivity contribution in [2.45, 2.75) is 66.5 Å². The Morgan fingerprint density at radius 3 is 2.38 bits per heavy atom. The first-order valence-electron chi connectivity index (χ1n) is 9.85. The highest BCUT2D eigenvalue weighted by atomic mass is 16.2. The lowest BCUT2D eigenvalue weighted by molar-refractivity contribution is -0.118. The molecule has 10 heteroatoms. The van der Waals surface area contributed by atoms with E-state index in [-0.39, 0.29) is 24.0 Å². The number of anilines is 2. The number of urea groups is 1. The van der Waals surface area contributed by atoms with Gasteiger partial charge >= 0.3 is 11.7 Å². The van der Waals surface area contributed by atoms with Crippen LogP contribution in [0.4, 0.5) is 16.3 Å². The fourth-order valence-electron chi connectivity index (χ4n) is 2.76. The Balaban J connectivity index is 3.18. The van der Waals surface area contributed by atoms with E-state index in [9.17, 15) is 19.2 Å². The first kappa shape index (κ1) is 24.3. The smallest absolute Gasteiger partial charge is 0.330 e. The van der Waals surface area contributed by atoms with Crippen molar-refractivity contribution < 1.29 is 9.59 Å². The highest BCUT2D eigenvalue weighted by Crippen LogP contribution is 2.18. The molecule has 3 amide bonds. The van der Waals surface area contributed by atoms with E-state index < -0.39 is 28.7 Å². The predicted molar refractivity (Wildman–Crippen MR) is 114 cm³/mol. The van der Waals surface area contributed by atoms with Gasteiger partial charge in [0.25, 0.3) is 5.56 Å². The van der Waals surface area contributed by atoms with Crippen LogP contribution < -0.4 is 32.5 Å². The molecule has 0 saturated heterocycles. The summed E-state index contributed by atoms with van der Waals surface area (Å²) in [6.07, 6.45) is 1.52. The number of hydrogen-bond acceptors (Lipinski definition) is 6. The molecule has 5 N–H and O–H groups in total. The Hall–Kier alpha value is -2.78. The molecule has 0 aliphatic carbocycles. The maximum absolute atomic E-state index is 12.5. The summed E-state index contributed by atoms with van der Waals surface area (Å²) in [5.74, 6) is -0.444. The van der Waals surface area contributed by atoms with Crippen molar-refractivity contribution in [1.29, 1.82) is 0 Å². The van der Waals surface area contributed by atoms with Crippen LogP contribution in [0.5, 0.6) is 0 Å². The summed E-state index contributed by atoms with van der Waals surface area (Å²) >= 11 is 0. The zero-order chi connectivity index (χ0) is 22.4. The molecule has 0 radical (unpaired) electrons. The molecular weight excluding hydrogens is 376 g/mol. The highest BCUT2D eigenvalue weighted by molar-refractivity contribution is 5.96. The van der Waals surface area contributed by atoms with Crippen molar-refractivity contribution >= 4 is 23.4 Å². The van der Waals surface area contributed by atoms with Crippen molar-refractivity contribution in [1.82, 2.24) is 20.2 Å². The molecule has 1 heterocycles. The molecule has 10 nitrogen and oxygen atoms in total. The van der Waals surface area contributed by atoms with E-state index in [1.165, 1.54) is 9.47 Å². The number of unbranched alkanes of at least 4 members (excludes halogenated alkanes) is 1. The normalized spacial score (nSPS) is 11.4. The fourth-order valence-corrected chi connectivity index (χ4v) is 2.76. The Morgan fingerprint density at radius 1 is 1.24 bits per heavy atom. The number of aromatic nitrogens is 2. The quantitative estimate of drug-likeness (QED) is 0.504. The number of nitrogen functional groups attached to an aromatic ring is 1. The van der Waals surface area contributed by atoms with Gasteiger partial charge in [-0.3, -0.25) is 24.5 Å². The molecule has 0 aliphatic rings. The lowest BCUT2D eigenvalue weighted by atomic mass is 10.1. The predicted octanol–water partition coefficient (Wildman–Crippen LogP) is 1.01. The number of rotatable bonds is 8. The van der Waals surface area contributed by atoms with Gasteiger partial charge in [-0.05, 0) is 33.1 Å². The van der Waals surface area contributed by atoms with Crippen molar-refractivity contribution in [3.63, 3.8) is 0 Å². The minimum Gasteiger partial charge on any atom is -0.383 e. The summed E-state index contributed by atoms with van der Waals surface area (Å²) in [5.41, 5.74) is 4.47. The van der Waals surface area contributed by atoms with Crippen molar-refractivity contribution in [2.75, 3.05) is 23.7 Å². The van der Waals surface area contributed by atoms with E-state index >= 15 is 0 Å². The lowest BCUT2D eigenvalue weighted by Crippen LogP contribution is -2.51. The number of nitrogens with one attached hydrogen (secondary N) is 3. The lowest BCUT2D eigenvalue weighted by Gasteiger charge is -2.26. The zero-order valence-electron chi connectivity index (χ0n) is 18.2. The Kier molecular flexibility index (Phi) is 8.47. The maximum atomic E-state index is 12.5. The van der Waals surface area contributed by atoms with Gasteiger partial charge in [-0.15, -0.1) is 0 Å². The molecule has 0 unspecified atom stereocenters. The Labute approximate surface area is 170 Å². The number of nitrogens with two attached hydrogens (primary N) is 1. The van der Waals surface area contributed by atoms with Crippen LogP contribution in [0, 0.1) is 5.92 Å². The molecule has 164 valence electrons. The summed E-state index contributed by atoms with van der Waals surface area (Å²) in [5, 5.41) is 4.90. The van der Waals surface area contributed by atoms with E-state index in [0.29, 0.717) is 19.5 Å². The van der Waals surface area contributed by atoms with Crippen LogP contribution in [0.15, 0.2) is 9.59 Å². The Bertz CT molecular complexity index is 835. The zero-order valence-corrected chi connectivity index (χ0v) is 18.2. The second-order valence-electron chi connectivity index (χ2n) is 8.52.